The Bertz CT molecular complexity index is 1040. The molecule has 0 atom stereocenters. The second kappa shape index (κ2) is 10.1. The van der Waals surface area contributed by atoms with E-state index in [9.17, 15) is 4.79 Å². The van der Waals surface area contributed by atoms with Crippen LogP contribution in [0.1, 0.15) is 18.4 Å². The molecule has 0 aliphatic carbocycles. The van der Waals surface area contributed by atoms with E-state index in [-0.39, 0.29) is 6.03 Å². The van der Waals surface area contributed by atoms with Crippen molar-refractivity contribution in [3.8, 4) is 17.2 Å². The minimum atomic E-state index is -0.0950. The smallest absolute Gasteiger partial charge is 0.321 e. The first-order chi connectivity index (χ1) is 15.5. The maximum atomic E-state index is 12.5. The number of hydrogen-bond donors (Lipinski definition) is 1. The number of benzene rings is 2. The van der Waals surface area contributed by atoms with E-state index in [0.717, 1.165) is 41.5 Å². The highest BCUT2D eigenvalue weighted by atomic mass is 35.5. The summed E-state index contributed by atoms with van der Waals surface area (Å²) in [4.78, 5) is 21.4. The highest BCUT2D eigenvalue weighted by molar-refractivity contribution is 6.30. The second-order valence-corrected chi connectivity index (χ2v) is 8.12. The Kier molecular flexibility index (Phi) is 6.97. The van der Waals surface area contributed by atoms with Gasteiger partial charge < -0.3 is 19.4 Å². The lowest BCUT2D eigenvalue weighted by atomic mass is 10.2. The molecule has 3 aromatic rings. The van der Waals surface area contributed by atoms with Gasteiger partial charge in [-0.1, -0.05) is 11.6 Å². The minimum Gasteiger partial charge on any atom is -0.494 e. The first kappa shape index (κ1) is 22.2. The maximum Gasteiger partial charge on any atom is 0.321 e. The highest BCUT2D eigenvalue weighted by Gasteiger charge is 2.23. The fourth-order valence-electron chi connectivity index (χ4n) is 3.62. The second-order valence-electron chi connectivity index (χ2n) is 7.68. The Morgan fingerprint density at radius 2 is 1.78 bits per heavy atom. The largest absolute Gasteiger partial charge is 0.494 e. The van der Waals surface area contributed by atoms with Crippen molar-refractivity contribution in [1.82, 2.24) is 14.8 Å². The molecule has 8 heteroatoms. The van der Waals surface area contributed by atoms with Gasteiger partial charge in [-0.15, -0.1) is 0 Å². The van der Waals surface area contributed by atoms with Crippen molar-refractivity contribution < 1.29 is 13.9 Å². The SMILES string of the molecule is CCOc1ccc(-c2nc(CN3CCN(C(=O)Nc4ccc(Cl)cc4)CC3)c(C)o2)cc1. The number of rotatable bonds is 6. The van der Waals surface area contributed by atoms with Crippen LogP contribution in [0.5, 0.6) is 5.75 Å². The van der Waals surface area contributed by atoms with E-state index >= 15 is 0 Å². The molecule has 168 valence electrons. The van der Waals surface area contributed by atoms with E-state index in [1.807, 2.05) is 43.0 Å². The first-order valence-corrected chi connectivity index (χ1v) is 11.1. The van der Waals surface area contributed by atoms with Gasteiger partial charge in [0.2, 0.25) is 5.89 Å². The van der Waals surface area contributed by atoms with Crippen LogP contribution >= 0.6 is 11.6 Å². The molecule has 0 spiro atoms. The summed E-state index contributed by atoms with van der Waals surface area (Å²) in [6.45, 7) is 8.10. The van der Waals surface area contributed by atoms with Gasteiger partial charge in [0.15, 0.2) is 0 Å². The van der Waals surface area contributed by atoms with E-state index < -0.39 is 0 Å². The summed E-state index contributed by atoms with van der Waals surface area (Å²) < 4.78 is 11.4. The van der Waals surface area contributed by atoms with Crippen molar-refractivity contribution in [3.63, 3.8) is 0 Å². The van der Waals surface area contributed by atoms with E-state index in [1.54, 1.807) is 24.3 Å². The lowest BCUT2D eigenvalue weighted by molar-refractivity contribution is 0.141. The summed E-state index contributed by atoms with van der Waals surface area (Å²) in [5.41, 5.74) is 2.58. The summed E-state index contributed by atoms with van der Waals surface area (Å²) >= 11 is 5.90. The number of nitrogens with zero attached hydrogens (tertiary/aromatic N) is 3. The fraction of sp³-hybridized carbons (Fsp3) is 0.333. The number of carbonyl (C=O) groups is 1. The number of oxazole rings is 1. The molecule has 7 nitrogen and oxygen atoms in total. The molecular weight excluding hydrogens is 428 g/mol. The zero-order valence-corrected chi connectivity index (χ0v) is 19.1. The van der Waals surface area contributed by atoms with Crippen molar-refractivity contribution in [2.75, 3.05) is 38.1 Å². The quantitative estimate of drug-likeness (QED) is 0.564. The monoisotopic (exact) mass is 454 g/mol. The van der Waals surface area contributed by atoms with Gasteiger partial charge in [-0.3, -0.25) is 4.90 Å². The third kappa shape index (κ3) is 5.41. The lowest BCUT2D eigenvalue weighted by Crippen LogP contribution is -2.49. The topological polar surface area (TPSA) is 70.8 Å². The van der Waals surface area contributed by atoms with E-state index in [0.29, 0.717) is 37.2 Å². The van der Waals surface area contributed by atoms with Crippen LogP contribution in [0.3, 0.4) is 0 Å². The molecule has 1 saturated heterocycles. The Hall–Kier alpha value is -3.03. The molecule has 0 radical (unpaired) electrons. The average Bonchev–Trinajstić information content (AvgIpc) is 3.16. The van der Waals surface area contributed by atoms with Crippen LogP contribution in [0, 0.1) is 6.92 Å². The number of urea groups is 1. The van der Waals surface area contributed by atoms with Crippen LogP contribution in [-0.2, 0) is 6.54 Å². The Balaban J connectivity index is 1.31. The summed E-state index contributed by atoms with van der Waals surface area (Å²) in [5, 5.41) is 3.56. The van der Waals surface area contributed by atoms with Gasteiger partial charge >= 0.3 is 6.03 Å². The molecule has 1 N–H and O–H groups in total. The third-order valence-electron chi connectivity index (χ3n) is 5.43. The molecule has 1 aliphatic rings. The number of halogens is 1. The Morgan fingerprint density at radius 3 is 2.44 bits per heavy atom. The molecule has 32 heavy (non-hydrogen) atoms. The van der Waals surface area contributed by atoms with Gasteiger partial charge in [0.1, 0.15) is 11.5 Å². The fourth-order valence-corrected chi connectivity index (χ4v) is 3.74. The van der Waals surface area contributed by atoms with E-state index in [2.05, 4.69) is 10.2 Å². The van der Waals surface area contributed by atoms with Crippen LogP contribution in [0.15, 0.2) is 52.9 Å². The van der Waals surface area contributed by atoms with Crippen LogP contribution < -0.4 is 10.1 Å². The summed E-state index contributed by atoms with van der Waals surface area (Å²) in [7, 11) is 0. The van der Waals surface area contributed by atoms with Crippen LogP contribution in [-0.4, -0.2) is 53.6 Å². The normalized spacial score (nSPS) is 14.4. The molecule has 2 aromatic carbocycles. The molecule has 0 bridgehead atoms. The summed E-state index contributed by atoms with van der Waals surface area (Å²) in [6, 6.07) is 14.8. The zero-order valence-electron chi connectivity index (χ0n) is 18.3. The predicted molar refractivity (Wildman–Crippen MR) is 125 cm³/mol. The van der Waals surface area contributed by atoms with Gasteiger partial charge in [-0.25, -0.2) is 9.78 Å². The molecule has 0 saturated carbocycles. The van der Waals surface area contributed by atoms with Crippen molar-refractivity contribution in [2.45, 2.75) is 20.4 Å². The van der Waals surface area contributed by atoms with Gasteiger partial charge in [-0.2, -0.15) is 0 Å². The number of ether oxygens (including phenoxy) is 1. The highest BCUT2D eigenvalue weighted by Crippen LogP contribution is 2.25. The first-order valence-electron chi connectivity index (χ1n) is 10.7. The molecule has 0 unspecified atom stereocenters. The predicted octanol–water partition coefficient (Wildman–Crippen LogP) is 5.05. The molecule has 2 amide bonds. The van der Waals surface area contributed by atoms with Crippen molar-refractivity contribution >= 4 is 23.3 Å². The van der Waals surface area contributed by atoms with Crippen LogP contribution in [0.4, 0.5) is 10.5 Å². The van der Waals surface area contributed by atoms with E-state index in [1.165, 1.54) is 0 Å². The van der Waals surface area contributed by atoms with E-state index in [4.69, 9.17) is 25.7 Å². The van der Waals surface area contributed by atoms with Crippen molar-refractivity contribution in [1.29, 1.82) is 0 Å². The Morgan fingerprint density at radius 1 is 1.09 bits per heavy atom. The van der Waals surface area contributed by atoms with Crippen molar-refractivity contribution in [2.24, 2.45) is 0 Å². The molecule has 1 aliphatic heterocycles. The minimum absolute atomic E-state index is 0.0950. The standard InChI is InChI=1S/C24H27ClN4O3/c1-3-31-21-10-4-18(5-11-21)23-27-22(17(2)32-23)16-28-12-14-29(15-13-28)24(30)26-20-8-6-19(25)7-9-20/h4-11H,3,12-16H2,1-2H3,(H,26,30). The number of nitrogens with one attached hydrogen (secondary N) is 1. The van der Waals surface area contributed by atoms with Crippen molar-refractivity contribution in [3.05, 3.63) is 65.0 Å². The number of amides is 2. The molecule has 4 rings (SSSR count). The Labute approximate surface area is 192 Å². The number of anilines is 1. The maximum absolute atomic E-state index is 12.5. The molecule has 1 aromatic heterocycles. The van der Waals surface area contributed by atoms with Gasteiger partial charge in [0.05, 0.1) is 12.3 Å². The van der Waals surface area contributed by atoms with Crippen LogP contribution in [0.2, 0.25) is 5.02 Å². The number of aromatic nitrogens is 1. The van der Waals surface area contributed by atoms with Gasteiger partial charge in [-0.05, 0) is 62.4 Å². The zero-order chi connectivity index (χ0) is 22.5. The lowest BCUT2D eigenvalue weighted by Gasteiger charge is -2.34. The number of aryl methyl sites for hydroxylation is 1. The van der Waals surface area contributed by atoms with Gasteiger partial charge in [0, 0.05) is 49.0 Å². The molecule has 1 fully saturated rings. The third-order valence-corrected chi connectivity index (χ3v) is 5.69. The van der Waals surface area contributed by atoms with Gasteiger partial charge in [0.25, 0.3) is 0 Å². The number of piperazine rings is 1. The average molecular weight is 455 g/mol. The number of hydrogen-bond acceptors (Lipinski definition) is 5. The molecule has 2 heterocycles. The summed E-state index contributed by atoms with van der Waals surface area (Å²) in [5.74, 6) is 2.26. The van der Waals surface area contributed by atoms with Crippen LogP contribution in [0.25, 0.3) is 11.5 Å². The molecular formula is C24H27ClN4O3. The number of carbonyl (C=O) groups excluding carboxylic acids is 1. The summed E-state index contributed by atoms with van der Waals surface area (Å²) in [6.07, 6.45) is 0.